The van der Waals surface area contributed by atoms with Crippen LogP contribution in [0.5, 0.6) is 0 Å². The third kappa shape index (κ3) is 25.5. The molecule has 38 heavy (non-hydrogen) atoms. The van der Waals surface area contributed by atoms with E-state index < -0.39 is 6.09 Å². The molecule has 8 nitrogen and oxygen atoms in total. The van der Waals surface area contributed by atoms with Gasteiger partial charge in [-0.15, -0.1) is 0 Å². The standard InChI is InChI=1S/C15H24N2O3S.C7H8.C4H8O.C2H6O.CH4O/c1-12(2)10-17(9-3-8-16-15(19)20)21-14-6-4-13(11-18)5-7-14;1-7-5-3-2-4-6-7;1-2-4-5-3-1;1-2-3;1-2/h4-7,12,16,18H,3,8-11H2,1-2H3,(H,19,20);2-6H,1H3;1-4H2;3H,2H2,1H3;2H,1H3. The van der Waals surface area contributed by atoms with Crippen molar-refractivity contribution in [3.8, 4) is 0 Å². The number of aryl methyl sites for hydroxylation is 1. The highest BCUT2D eigenvalue weighted by molar-refractivity contribution is 7.97. The maximum absolute atomic E-state index is 10.4. The van der Waals surface area contributed by atoms with E-state index in [-0.39, 0.29) is 13.2 Å². The van der Waals surface area contributed by atoms with Gasteiger partial charge in [0.15, 0.2) is 0 Å². The Hall–Kier alpha value is -2.14. The summed E-state index contributed by atoms with van der Waals surface area (Å²) in [6.45, 7) is 12.6. The first-order chi connectivity index (χ1) is 18.3. The normalized spacial score (nSPS) is 11.5. The van der Waals surface area contributed by atoms with Crippen LogP contribution in [0.3, 0.4) is 0 Å². The molecule has 9 heteroatoms. The topological polar surface area (TPSA) is 122 Å². The smallest absolute Gasteiger partial charge is 0.404 e. The molecule has 0 radical (unpaired) electrons. The Labute approximate surface area is 234 Å². The van der Waals surface area contributed by atoms with Crippen molar-refractivity contribution in [1.82, 2.24) is 9.62 Å². The van der Waals surface area contributed by atoms with Crippen LogP contribution in [0.2, 0.25) is 0 Å². The Bertz CT molecular complexity index is 752. The van der Waals surface area contributed by atoms with Gasteiger partial charge in [-0.3, -0.25) is 0 Å². The Morgan fingerprint density at radius 2 is 1.58 bits per heavy atom. The number of aliphatic hydroxyl groups is 3. The molecule has 1 amide bonds. The van der Waals surface area contributed by atoms with E-state index in [9.17, 15) is 4.79 Å². The van der Waals surface area contributed by atoms with Crippen LogP contribution in [0.4, 0.5) is 4.79 Å². The summed E-state index contributed by atoms with van der Waals surface area (Å²) in [6, 6.07) is 18.1. The lowest BCUT2D eigenvalue weighted by Crippen LogP contribution is -2.27. The average molecular weight is 555 g/mol. The number of hydrogen-bond donors (Lipinski definition) is 5. The minimum Gasteiger partial charge on any atom is -0.465 e. The van der Waals surface area contributed by atoms with Crippen molar-refractivity contribution in [3.05, 3.63) is 65.7 Å². The van der Waals surface area contributed by atoms with E-state index in [1.807, 2.05) is 42.5 Å². The molecule has 1 aliphatic rings. The molecule has 1 aliphatic heterocycles. The van der Waals surface area contributed by atoms with Crippen molar-refractivity contribution in [2.24, 2.45) is 5.92 Å². The van der Waals surface area contributed by atoms with Crippen molar-refractivity contribution in [3.63, 3.8) is 0 Å². The summed E-state index contributed by atoms with van der Waals surface area (Å²) in [5.74, 6) is 0.543. The molecule has 1 fully saturated rings. The minimum absolute atomic E-state index is 0.0571. The third-order valence-electron chi connectivity index (χ3n) is 4.54. The van der Waals surface area contributed by atoms with Crippen LogP contribution in [0, 0.1) is 12.8 Å². The molecule has 2 aromatic rings. The number of carbonyl (C=O) groups is 1. The van der Waals surface area contributed by atoms with Crippen molar-refractivity contribution in [2.45, 2.75) is 58.5 Å². The van der Waals surface area contributed by atoms with Crippen LogP contribution in [0.15, 0.2) is 59.5 Å². The minimum atomic E-state index is -0.974. The monoisotopic (exact) mass is 554 g/mol. The Kier molecular flexibility index (Phi) is 27.9. The summed E-state index contributed by atoms with van der Waals surface area (Å²) in [6.07, 6.45) is 2.36. The highest BCUT2D eigenvalue weighted by Gasteiger charge is 2.09. The second-order valence-corrected chi connectivity index (χ2v) is 9.72. The number of ether oxygens (including phenoxy) is 1. The van der Waals surface area contributed by atoms with Gasteiger partial charge in [0.1, 0.15) is 0 Å². The quantitative estimate of drug-likeness (QED) is 0.212. The lowest BCUT2D eigenvalue weighted by atomic mass is 10.2. The van der Waals surface area contributed by atoms with Gasteiger partial charge in [0.05, 0.1) is 6.61 Å². The zero-order valence-electron chi connectivity index (χ0n) is 23.8. The molecule has 0 aliphatic carbocycles. The Morgan fingerprint density at radius 1 is 1.03 bits per heavy atom. The fraction of sp³-hybridized carbons (Fsp3) is 0.552. The summed E-state index contributed by atoms with van der Waals surface area (Å²) in [4.78, 5) is 11.5. The molecule has 1 heterocycles. The van der Waals surface area contributed by atoms with Crippen molar-refractivity contribution >= 4 is 18.0 Å². The van der Waals surface area contributed by atoms with Crippen LogP contribution in [0.25, 0.3) is 0 Å². The first-order valence-corrected chi connectivity index (χ1v) is 13.8. The largest absolute Gasteiger partial charge is 0.465 e. The number of aliphatic hydroxyl groups excluding tert-OH is 3. The van der Waals surface area contributed by atoms with E-state index in [4.69, 9.17) is 25.2 Å². The molecule has 2 aromatic carbocycles. The molecule has 1 saturated heterocycles. The first-order valence-electron chi connectivity index (χ1n) is 13.1. The highest BCUT2D eigenvalue weighted by atomic mass is 32.2. The van der Waals surface area contributed by atoms with Crippen LogP contribution in [-0.4, -0.2) is 77.4 Å². The van der Waals surface area contributed by atoms with Gasteiger partial charge in [-0.1, -0.05) is 61.9 Å². The van der Waals surface area contributed by atoms with Crippen molar-refractivity contribution in [2.75, 3.05) is 46.6 Å². The molecular formula is C29H50N2O6S. The van der Waals surface area contributed by atoms with Crippen LogP contribution in [-0.2, 0) is 11.3 Å². The van der Waals surface area contributed by atoms with Gasteiger partial charge < -0.3 is 30.5 Å². The highest BCUT2D eigenvalue weighted by Crippen LogP contribution is 2.24. The van der Waals surface area contributed by atoms with Gasteiger partial charge in [0.2, 0.25) is 0 Å². The number of nitrogens with one attached hydrogen (secondary N) is 1. The predicted octanol–water partition coefficient (Wildman–Crippen LogP) is 5.20. The van der Waals surface area contributed by atoms with Crippen LogP contribution in [0.1, 0.15) is 51.2 Å². The summed E-state index contributed by atoms with van der Waals surface area (Å²) in [5, 5.41) is 34.6. The van der Waals surface area contributed by atoms with E-state index in [2.05, 4.69) is 42.5 Å². The Balaban J connectivity index is 0. The van der Waals surface area contributed by atoms with Gasteiger partial charge in [-0.25, -0.2) is 9.10 Å². The van der Waals surface area contributed by atoms with Gasteiger partial charge in [0, 0.05) is 51.5 Å². The predicted molar refractivity (Wildman–Crippen MR) is 157 cm³/mol. The zero-order chi connectivity index (χ0) is 29.0. The molecule has 0 aromatic heterocycles. The summed E-state index contributed by atoms with van der Waals surface area (Å²) >= 11 is 1.67. The fourth-order valence-electron chi connectivity index (χ4n) is 2.88. The molecule has 0 unspecified atom stereocenters. The molecule has 5 N–H and O–H groups in total. The van der Waals surface area contributed by atoms with E-state index in [0.29, 0.717) is 12.5 Å². The van der Waals surface area contributed by atoms with Crippen molar-refractivity contribution in [1.29, 1.82) is 0 Å². The third-order valence-corrected chi connectivity index (χ3v) is 5.61. The number of nitrogens with zero attached hydrogens (tertiary/aromatic N) is 1. The van der Waals surface area contributed by atoms with Crippen LogP contribution < -0.4 is 5.32 Å². The SMILES string of the molecule is C1CCOC1.CC(C)CN(CCCNC(=O)O)Sc1ccc(CO)cc1.CCO.CO.Cc1ccccc1. The molecule has 0 atom stereocenters. The van der Waals surface area contributed by atoms with E-state index in [1.165, 1.54) is 18.4 Å². The lowest BCUT2D eigenvalue weighted by molar-refractivity contribution is 0.194. The molecular weight excluding hydrogens is 504 g/mol. The van der Waals surface area contributed by atoms with Gasteiger partial charge >= 0.3 is 6.09 Å². The second-order valence-electron chi connectivity index (χ2n) is 8.55. The molecule has 3 rings (SSSR count). The van der Waals surface area contributed by atoms with Crippen molar-refractivity contribution < 1.29 is 30.0 Å². The number of hydrogen-bond acceptors (Lipinski definition) is 7. The maximum atomic E-state index is 10.4. The summed E-state index contributed by atoms with van der Waals surface area (Å²) in [7, 11) is 1.00. The summed E-state index contributed by atoms with van der Waals surface area (Å²) in [5.41, 5.74) is 2.22. The first kappa shape index (κ1) is 38.0. The number of benzene rings is 2. The molecule has 218 valence electrons. The fourth-order valence-corrected chi connectivity index (χ4v) is 4.03. The number of amides is 1. The van der Waals surface area contributed by atoms with E-state index in [0.717, 1.165) is 50.3 Å². The lowest BCUT2D eigenvalue weighted by Gasteiger charge is -2.23. The van der Waals surface area contributed by atoms with Gasteiger partial charge in [-0.2, -0.15) is 0 Å². The summed E-state index contributed by atoms with van der Waals surface area (Å²) < 4.78 is 7.20. The molecule has 0 spiro atoms. The Morgan fingerprint density at radius 3 is 1.95 bits per heavy atom. The average Bonchev–Trinajstić information content (AvgIpc) is 3.50. The van der Waals surface area contributed by atoms with E-state index in [1.54, 1.807) is 18.9 Å². The van der Waals surface area contributed by atoms with E-state index >= 15 is 0 Å². The number of carboxylic acid groups (broad SMARTS) is 1. The molecule has 0 bridgehead atoms. The van der Waals surface area contributed by atoms with Crippen LogP contribution >= 0.6 is 11.9 Å². The molecule has 0 saturated carbocycles. The van der Waals surface area contributed by atoms with Gasteiger partial charge in [-0.05, 0) is 68.7 Å². The zero-order valence-corrected chi connectivity index (χ0v) is 24.6. The number of rotatable bonds is 9. The second kappa shape index (κ2) is 27.9. The maximum Gasteiger partial charge on any atom is 0.404 e. The van der Waals surface area contributed by atoms with Gasteiger partial charge in [0.25, 0.3) is 0 Å².